The van der Waals surface area contributed by atoms with Crippen molar-refractivity contribution in [3.8, 4) is 0 Å². The van der Waals surface area contributed by atoms with Crippen molar-refractivity contribution in [1.29, 1.82) is 0 Å². The van der Waals surface area contributed by atoms with E-state index >= 15 is 0 Å². The highest BCUT2D eigenvalue weighted by molar-refractivity contribution is 7.17. The fourth-order valence-electron chi connectivity index (χ4n) is 4.00. The lowest BCUT2D eigenvalue weighted by Crippen LogP contribution is -3.14. The largest absolute Gasteiger partial charge is 0.462 e. The van der Waals surface area contributed by atoms with Gasteiger partial charge in [0.2, 0.25) is 0 Å². The molecular formula is C20H31N2O3S+. The quantitative estimate of drug-likeness (QED) is 0.772. The van der Waals surface area contributed by atoms with Gasteiger partial charge in [0.15, 0.2) is 6.54 Å². The summed E-state index contributed by atoms with van der Waals surface area (Å²) in [4.78, 5) is 27.7. The summed E-state index contributed by atoms with van der Waals surface area (Å²) in [7, 11) is 0. The predicted molar refractivity (Wildman–Crippen MR) is 104 cm³/mol. The summed E-state index contributed by atoms with van der Waals surface area (Å²) in [5, 5.41) is 3.73. The Kier molecular flexibility index (Phi) is 6.35. The van der Waals surface area contributed by atoms with Crippen molar-refractivity contribution < 1.29 is 19.2 Å². The number of hydrogen-bond acceptors (Lipinski definition) is 4. The van der Waals surface area contributed by atoms with Crippen molar-refractivity contribution in [1.82, 2.24) is 0 Å². The fraction of sp³-hybridized carbons (Fsp3) is 0.700. The van der Waals surface area contributed by atoms with Crippen LogP contribution in [0.15, 0.2) is 0 Å². The smallest absolute Gasteiger partial charge is 0.341 e. The third-order valence-corrected chi connectivity index (χ3v) is 6.81. The lowest BCUT2D eigenvalue weighted by Gasteiger charge is -2.26. The summed E-state index contributed by atoms with van der Waals surface area (Å²) in [6, 6.07) is 0. The molecule has 1 aromatic heterocycles. The van der Waals surface area contributed by atoms with Gasteiger partial charge in [0.1, 0.15) is 5.00 Å². The lowest BCUT2D eigenvalue weighted by molar-refractivity contribution is -0.897. The molecule has 2 N–H and O–H groups in total. The molecule has 1 atom stereocenters. The van der Waals surface area contributed by atoms with Crippen molar-refractivity contribution in [2.24, 2.45) is 11.8 Å². The van der Waals surface area contributed by atoms with Crippen LogP contribution in [0.5, 0.6) is 0 Å². The number of esters is 1. The number of thiophene rings is 1. The Bertz CT molecular complexity index is 662. The molecule has 1 aromatic rings. The zero-order valence-corrected chi connectivity index (χ0v) is 17.0. The number of rotatable bonds is 5. The van der Waals surface area contributed by atoms with Crippen LogP contribution in [0.3, 0.4) is 0 Å². The number of fused-ring (bicyclic) bond motifs is 1. The second kappa shape index (κ2) is 8.53. The third-order valence-electron chi connectivity index (χ3n) is 5.64. The molecule has 1 amide bonds. The molecule has 0 spiro atoms. The number of likely N-dealkylation sites (tertiary alicyclic amines) is 1. The van der Waals surface area contributed by atoms with Crippen molar-refractivity contribution in [2.75, 3.05) is 31.6 Å². The number of amides is 1. The Morgan fingerprint density at radius 1 is 1.19 bits per heavy atom. The molecule has 1 fully saturated rings. The van der Waals surface area contributed by atoms with Gasteiger partial charge in [0.05, 0.1) is 25.3 Å². The number of anilines is 1. The molecule has 2 aliphatic rings. The molecule has 144 valence electrons. The number of carbonyl (C=O) groups excluding carboxylic acids is 2. The highest BCUT2D eigenvalue weighted by atomic mass is 32.1. The molecule has 3 rings (SSSR count). The van der Waals surface area contributed by atoms with Crippen molar-refractivity contribution >= 4 is 28.2 Å². The van der Waals surface area contributed by atoms with E-state index in [4.69, 9.17) is 4.74 Å². The van der Waals surface area contributed by atoms with Gasteiger partial charge in [-0.25, -0.2) is 4.79 Å². The van der Waals surface area contributed by atoms with E-state index in [1.165, 1.54) is 22.6 Å². The Balaban J connectivity index is 1.73. The summed E-state index contributed by atoms with van der Waals surface area (Å²) < 4.78 is 5.27. The van der Waals surface area contributed by atoms with Crippen molar-refractivity contribution in [3.63, 3.8) is 0 Å². The first kappa shape index (κ1) is 19.4. The molecule has 0 aromatic carbocycles. The number of quaternary nitrogens is 1. The normalized spacial score (nSPS) is 25.4. The topological polar surface area (TPSA) is 59.8 Å². The first-order chi connectivity index (χ1) is 12.5. The van der Waals surface area contributed by atoms with Crippen LogP contribution in [0, 0.1) is 11.8 Å². The van der Waals surface area contributed by atoms with Gasteiger partial charge in [-0.05, 0) is 56.4 Å². The van der Waals surface area contributed by atoms with Crippen LogP contribution in [0.25, 0.3) is 0 Å². The molecule has 0 saturated carbocycles. The monoisotopic (exact) mass is 379 g/mol. The molecule has 0 bridgehead atoms. The first-order valence-electron chi connectivity index (χ1n) is 9.93. The minimum atomic E-state index is -0.297. The summed E-state index contributed by atoms with van der Waals surface area (Å²) in [5.74, 6) is 1.10. The molecule has 0 radical (unpaired) electrons. The second-order valence-electron chi connectivity index (χ2n) is 7.93. The lowest BCUT2D eigenvalue weighted by atomic mass is 9.88. The van der Waals surface area contributed by atoms with Crippen LogP contribution in [0.4, 0.5) is 5.00 Å². The Labute approximate surface area is 160 Å². The molecule has 1 saturated heterocycles. The van der Waals surface area contributed by atoms with Gasteiger partial charge in [-0.3, -0.25) is 4.79 Å². The maximum atomic E-state index is 12.6. The van der Waals surface area contributed by atoms with E-state index in [1.54, 1.807) is 11.3 Å². The van der Waals surface area contributed by atoms with Gasteiger partial charge in [-0.15, -0.1) is 11.3 Å². The molecule has 26 heavy (non-hydrogen) atoms. The SMILES string of the molecule is CCOC(=O)c1c(NC(=O)C[NH+]2CCC(C)CC2)sc2c1CCC(C)C2. The van der Waals surface area contributed by atoms with Crippen LogP contribution in [0.2, 0.25) is 0 Å². The van der Waals surface area contributed by atoms with Crippen LogP contribution in [0.1, 0.15) is 60.8 Å². The molecule has 2 heterocycles. The second-order valence-corrected chi connectivity index (χ2v) is 9.04. The first-order valence-corrected chi connectivity index (χ1v) is 10.7. The maximum Gasteiger partial charge on any atom is 0.341 e. The van der Waals surface area contributed by atoms with Crippen LogP contribution >= 0.6 is 11.3 Å². The zero-order chi connectivity index (χ0) is 18.7. The number of carbonyl (C=O) groups is 2. The zero-order valence-electron chi connectivity index (χ0n) is 16.2. The van der Waals surface area contributed by atoms with Crippen LogP contribution < -0.4 is 10.2 Å². The number of hydrogen-bond donors (Lipinski definition) is 2. The van der Waals surface area contributed by atoms with E-state index in [9.17, 15) is 9.59 Å². The van der Waals surface area contributed by atoms with Crippen LogP contribution in [-0.2, 0) is 22.4 Å². The van der Waals surface area contributed by atoms with Gasteiger partial charge < -0.3 is 15.0 Å². The molecule has 1 aliphatic heterocycles. The number of ether oxygens (including phenoxy) is 1. The molecular weight excluding hydrogens is 348 g/mol. The van der Waals surface area contributed by atoms with Gasteiger partial charge in [-0.1, -0.05) is 13.8 Å². The molecule has 1 aliphatic carbocycles. The maximum absolute atomic E-state index is 12.6. The average molecular weight is 380 g/mol. The molecule has 6 heteroatoms. The van der Waals surface area contributed by atoms with E-state index in [0.29, 0.717) is 29.6 Å². The van der Waals surface area contributed by atoms with Gasteiger partial charge in [-0.2, -0.15) is 0 Å². The van der Waals surface area contributed by atoms with E-state index in [-0.39, 0.29) is 11.9 Å². The minimum Gasteiger partial charge on any atom is -0.462 e. The highest BCUT2D eigenvalue weighted by Gasteiger charge is 2.30. The number of nitrogens with one attached hydrogen (secondary N) is 2. The number of piperidine rings is 1. The van der Waals surface area contributed by atoms with Gasteiger partial charge in [0.25, 0.3) is 5.91 Å². The van der Waals surface area contributed by atoms with Crippen molar-refractivity contribution in [2.45, 2.75) is 52.9 Å². The Morgan fingerprint density at radius 3 is 2.62 bits per heavy atom. The molecule has 5 nitrogen and oxygen atoms in total. The van der Waals surface area contributed by atoms with E-state index < -0.39 is 0 Å². The minimum absolute atomic E-state index is 0.00625. The fourth-order valence-corrected chi connectivity index (χ4v) is 5.42. The Morgan fingerprint density at radius 2 is 1.92 bits per heavy atom. The highest BCUT2D eigenvalue weighted by Crippen LogP contribution is 2.40. The Hall–Kier alpha value is -1.40. The van der Waals surface area contributed by atoms with E-state index in [2.05, 4.69) is 19.2 Å². The molecule has 1 unspecified atom stereocenters. The van der Waals surface area contributed by atoms with E-state index in [0.717, 1.165) is 43.8 Å². The van der Waals surface area contributed by atoms with Gasteiger partial charge in [0, 0.05) is 4.88 Å². The summed E-state index contributed by atoms with van der Waals surface area (Å²) >= 11 is 1.57. The summed E-state index contributed by atoms with van der Waals surface area (Å²) in [6.07, 6.45) is 5.33. The average Bonchev–Trinajstić information content (AvgIpc) is 2.93. The van der Waals surface area contributed by atoms with Gasteiger partial charge >= 0.3 is 5.97 Å². The predicted octanol–water partition coefficient (Wildman–Crippen LogP) is 2.30. The third kappa shape index (κ3) is 4.46. The summed E-state index contributed by atoms with van der Waals surface area (Å²) in [5.41, 5.74) is 1.70. The summed E-state index contributed by atoms with van der Waals surface area (Å²) in [6.45, 7) is 9.27. The standard InChI is InChI=1S/C20H30N2O3S/c1-4-25-20(24)18-15-6-5-14(3)11-16(15)26-19(18)21-17(23)12-22-9-7-13(2)8-10-22/h13-14H,4-12H2,1-3H3,(H,21,23)/p+1. The van der Waals surface area contributed by atoms with Crippen LogP contribution in [-0.4, -0.2) is 38.1 Å². The van der Waals surface area contributed by atoms with Crippen molar-refractivity contribution in [3.05, 3.63) is 16.0 Å². The van der Waals surface area contributed by atoms with E-state index in [1.807, 2.05) is 6.92 Å².